The van der Waals surface area contributed by atoms with Gasteiger partial charge in [-0.3, -0.25) is 0 Å². The summed E-state index contributed by atoms with van der Waals surface area (Å²) >= 11 is 0. The topological polar surface area (TPSA) is 15.8 Å². The lowest BCUT2D eigenvalue weighted by Crippen LogP contribution is -1.96. The summed E-state index contributed by atoms with van der Waals surface area (Å²) in [6, 6.07) is 0. The maximum atomic E-state index is 3.53. The number of rotatable bonds is 9. The Labute approximate surface area is 107 Å². The maximum Gasteiger partial charge on any atom is 0.0182 e. The fraction of sp³-hybridized carbons (Fsp3) is 0.750. The van der Waals surface area contributed by atoms with Gasteiger partial charge in [0.25, 0.3) is 0 Å². The summed E-state index contributed by atoms with van der Waals surface area (Å²) in [5.74, 6) is 0. The minimum atomic E-state index is 1.24. The number of hydrogen-bond donors (Lipinski definition) is 1. The summed E-state index contributed by atoms with van der Waals surface area (Å²) in [6.07, 6.45) is 13.9. The smallest absolute Gasteiger partial charge is 0.0182 e. The Morgan fingerprint density at radius 2 is 1.41 bits per heavy atom. The fourth-order valence-corrected chi connectivity index (χ4v) is 2.37. The van der Waals surface area contributed by atoms with Crippen LogP contribution in [0.4, 0.5) is 0 Å². The lowest BCUT2D eigenvalue weighted by atomic mass is 9.98. The quantitative estimate of drug-likeness (QED) is 0.617. The first-order chi connectivity index (χ1) is 8.33. The van der Waals surface area contributed by atoms with Crippen molar-refractivity contribution in [3.05, 3.63) is 23.0 Å². The Kier molecular flexibility index (Phi) is 7.07. The van der Waals surface area contributed by atoms with E-state index in [4.69, 9.17) is 0 Å². The molecule has 1 heteroatoms. The van der Waals surface area contributed by atoms with Gasteiger partial charge in [0.05, 0.1) is 0 Å². The van der Waals surface area contributed by atoms with Gasteiger partial charge in [0.15, 0.2) is 0 Å². The molecule has 0 saturated carbocycles. The summed E-state index contributed by atoms with van der Waals surface area (Å²) in [6.45, 7) is 6.83. The molecule has 1 N–H and O–H groups in total. The molecule has 0 aliphatic carbocycles. The number of nitrogens with one attached hydrogen (secondary N) is 1. The highest BCUT2D eigenvalue weighted by atomic mass is 14.7. The molecule has 1 aromatic heterocycles. The van der Waals surface area contributed by atoms with Gasteiger partial charge < -0.3 is 4.98 Å². The molecule has 0 saturated heterocycles. The first-order valence-corrected chi connectivity index (χ1v) is 7.51. The molecule has 1 aromatic rings. The van der Waals surface area contributed by atoms with Gasteiger partial charge in [-0.05, 0) is 49.7 Å². The molecule has 0 fully saturated rings. The van der Waals surface area contributed by atoms with Crippen molar-refractivity contribution in [2.75, 3.05) is 0 Å². The van der Waals surface area contributed by atoms with Crippen LogP contribution in [0.15, 0.2) is 6.20 Å². The normalized spacial score (nSPS) is 11.0. The number of aryl methyl sites for hydroxylation is 2. The van der Waals surface area contributed by atoms with Crippen molar-refractivity contribution in [3.8, 4) is 0 Å². The summed E-state index contributed by atoms with van der Waals surface area (Å²) in [7, 11) is 0. The molecule has 1 nitrogen and oxygen atoms in total. The summed E-state index contributed by atoms with van der Waals surface area (Å²) < 4.78 is 0. The predicted octanol–water partition coefficient (Wildman–Crippen LogP) is 5.04. The van der Waals surface area contributed by atoms with E-state index in [1.165, 1.54) is 63.5 Å². The van der Waals surface area contributed by atoms with E-state index in [2.05, 4.69) is 32.0 Å². The molecule has 0 amide bonds. The molecule has 0 aliphatic rings. The standard InChI is InChI=1S/C16H29N/c1-4-7-10-14-13-17-16(12-9-6-3)15(14)11-8-5-2/h13,17H,4-12H2,1-3H3. The zero-order valence-electron chi connectivity index (χ0n) is 11.9. The Hall–Kier alpha value is -0.720. The van der Waals surface area contributed by atoms with Crippen molar-refractivity contribution in [2.24, 2.45) is 0 Å². The van der Waals surface area contributed by atoms with E-state index in [1.54, 1.807) is 11.1 Å². The molecule has 1 heterocycles. The van der Waals surface area contributed by atoms with Gasteiger partial charge in [-0.2, -0.15) is 0 Å². The molecular weight excluding hydrogens is 206 g/mol. The maximum absolute atomic E-state index is 3.53. The molecular formula is C16H29N. The van der Waals surface area contributed by atoms with Crippen LogP contribution in [0, 0.1) is 0 Å². The highest BCUT2D eigenvalue weighted by Crippen LogP contribution is 2.21. The van der Waals surface area contributed by atoms with E-state index < -0.39 is 0 Å². The average Bonchev–Trinajstić information content (AvgIpc) is 2.73. The SMILES string of the molecule is CCCCc1c[nH]c(CCCC)c1CCCC. The molecule has 0 bridgehead atoms. The first kappa shape index (κ1) is 14.3. The van der Waals surface area contributed by atoms with Crippen LogP contribution < -0.4 is 0 Å². The number of aromatic nitrogens is 1. The monoisotopic (exact) mass is 235 g/mol. The molecule has 0 spiro atoms. The van der Waals surface area contributed by atoms with Gasteiger partial charge in [0, 0.05) is 11.9 Å². The van der Waals surface area contributed by atoms with Crippen LogP contribution in [0.5, 0.6) is 0 Å². The zero-order valence-corrected chi connectivity index (χ0v) is 11.9. The first-order valence-electron chi connectivity index (χ1n) is 7.51. The van der Waals surface area contributed by atoms with Crippen molar-refractivity contribution in [3.63, 3.8) is 0 Å². The third-order valence-electron chi connectivity index (χ3n) is 3.53. The van der Waals surface area contributed by atoms with E-state index in [0.717, 1.165) is 0 Å². The van der Waals surface area contributed by atoms with Crippen molar-refractivity contribution in [1.29, 1.82) is 0 Å². The van der Waals surface area contributed by atoms with Crippen LogP contribution >= 0.6 is 0 Å². The minimum Gasteiger partial charge on any atom is -0.364 e. The molecule has 0 aromatic carbocycles. The van der Waals surface area contributed by atoms with Crippen LogP contribution in [-0.2, 0) is 19.3 Å². The second-order valence-electron chi connectivity index (χ2n) is 5.08. The van der Waals surface area contributed by atoms with Crippen LogP contribution in [0.3, 0.4) is 0 Å². The number of hydrogen-bond acceptors (Lipinski definition) is 0. The summed E-state index contributed by atoms with van der Waals surface area (Å²) in [4.78, 5) is 3.53. The molecule has 0 aliphatic heterocycles. The van der Waals surface area contributed by atoms with Crippen molar-refractivity contribution < 1.29 is 0 Å². The lowest BCUT2D eigenvalue weighted by molar-refractivity contribution is 0.737. The molecule has 98 valence electrons. The van der Waals surface area contributed by atoms with Crippen molar-refractivity contribution in [1.82, 2.24) is 4.98 Å². The van der Waals surface area contributed by atoms with E-state index in [9.17, 15) is 0 Å². The summed E-state index contributed by atoms with van der Waals surface area (Å²) in [5, 5.41) is 0. The van der Waals surface area contributed by atoms with E-state index in [0.29, 0.717) is 0 Å². The van der Waals surface area contributed by atoms with Crippen molar-refractivity contribution >= 4 is 0 Å². The van der Waals surface area contributed by atoms with Gasteiger partial charge in [0.2, 0.25) is 0 Å². The second-order valence-corrected chi connectivity index (χ2v) is 5.08. The Morgan fingerprint density at radius 1 is 0.824 bits per heavy atom. The van der Waals surface area contributed by atoms with E-state index in [-0.39, 0.29) is 0 Å². The Bertz CT molecular complexity index is 273. The van der Waals surface area contributed by atoms with Crippen LogP contribution in [0.1, 0.15) is 76.1 Å². The van der Waals surface area contributed by atoms with E-state index >= 15 is 0 Å². The van der Waals surface area contributed by atoms with Gasteiger partial charge in [-0.25, -0.2) is 0 Å². The largest absolute Gasteiger partial charge is 0.364 e. The summed E-state index contributed by atoms with van der Waals surface area (Å²) in [5.41, 5.74) is 4.76. The van der Waals surface area contributed by atoms with Gasteiger partial charge >= 0.3 is 0 Å². The molecule has 1 rings (SSSR count). The second kappa shape index (κ2) is 8.38. The van der Waals surface area contributed by atoms with Crippen LogP contribution in [0.25, 0.3) is 0 Å². The Morgan fingerprint density at radius 3 is 2.06 bits per heavy atom. The molecule has 0 atom stereocenters. The molecule has 0 unspecified atom stereocenters. The third kappa shape index (κ3) is 4.57. The minimum absolute atomic E-state index is 1.24. The number of unbranched alkanes of at least 4 members (excludes halogenated alkanes) is 3. The molecule has 0 radical (unpaired) electrons. The Balaban J connectivity index is 2.70. The lowest BCUT2D eigenvalue weighted by Gasteiger charge is -2.06. The van der Waals surface area contributed by atoms with Gasteiger partial charge in [0.1, 0.15) is 0 Å². The third-order valence-corrected chi connectivity index (χ3v) is 3.53. The molecule has 17 heavy (non-hydrogen) atoms. The van der Waals surface area contributed by atoms with E-state index in [1.807, 2.05) is 0 Å². The van der Waals surface area contributed by atoms with Crippen molar-refractivity contribution in [2.45, 2.75) is 78.6 Å². The fourth-order valence-electron chi connectivity index (χ4n) is 2.37. The average molecular weight is 235 g/mol. The number of aromatic amines is 1. The zero-order chi connectivity index (χ0) is 12.5. The predicted molar refractivity (Wildman–Crippen MR) is 76.6 cm³/mol. The van der Waals surface area contributed by atoms with Crippen LogP contribution in [-0.4, -0.2) is 4.98 Å². The number of H-pyrrole nitrogens is 1. The highest BCUT2D eigenvalue weighted by molar-refractivity contribution is 5.31. The van der Waals surface area contributed by atoms with Gasteiger partial charge in [-0.15, -0.1) is 0 Å². The highest BCUT2D eigenvalue weighted by Gasteiger charge is 2.09. The van der Waals surface area contributed by atoms with Crippen LogP contribution in [0.2, 0.25) is 0 Å². The van der Waals surface area contributed by atoms with Gasteiger partial charge in [-0.1, -0.05) is 40.0 Å².